The SMILES string of the molecule is NCC(=NOCC1CC1)c1ncc(C(F)(F)F)cc1Cl. The van der Waals surface area contributed by atoms with Crippen molar-refractivity contribution in [3.63, 3.8) is 0 Å². The molecule has 1 fully saturated rings. The van der Waals surface area contributed by atoms with E-state index in [0.29, 0.717) is 18.7 Å². The Morgan fingerprint density at radius 3 is 2.70 bits per heavy atom. The number of nitrogens with zero attached hydrogens (tertiary/aromatic N) is 2. The monoisotopic (exact) mass is 307 g/mol. The lowest BCUT2D eigenvalue weighted by molar-refractivity contribution is -0.137. The zero-order valence-corrected chi connectivity index (χ0v) is 11.2. The van der Waals surface area contributed by atoms with Crippen molar-refractivity contribution in [2.45, 2.75) is 19.0 Å². The topological polar surface area (TPSA) is 60.5 Å². The molecule has 0 amide bonds. The summed E-state index contributed by atoms with van der Waals surface area (Å²) < 4.78 is 37.5. The highest BCUT2D eigenvalue weighted by atomic mass is 35.5. The van der Waals surface area contributed by atoms with Gasteiger partial charge in [-0.3, -0.25) is 4.98 Å². The fraction of sp³-hybridized carbons (Fsp3) is 0.500. The smallest absolute Gasteiger partial charge is 0.395 e. The summed E-state index contributed by atoms with van der Waals surface area (Å²) in [5, 5.41) is 3.66. The second-order valence-corrected chi connectivity index (χ2v) is 4.94. The molecule has 2 N–H and O–H groups in total. The van der Waals surface area contributed by atoms with Crippen LogP contribution in [0.3, 0.4) is 0 Å². The van der Waals surface area contributed by atoms with Gasteiger partial charge in [0.2, 0.25) is 0 Å². The lowest BCUT2D eigenvalue weighted by Crippen LogP contribution is -2.18. The van der Waals surface area contributed by atoms with E-state index in [2.05, 4.69) is 10.1 Å². The van der Waals surface area contributed by atoms with Crippen molar-refractivity contribution < 1.29 is 18.0 Å². The van der Waals surface area contributed by atoms with Gasteiger partial charge in [-0.25, -0.2) is 0 Å². The van der Waals surface area contributed by atoms with Crippen molar-refractivity contribution in [2.24, 2.45) is 16.8 Å². The number of halogens is 4. The molecule has 1 aliphatic carbocycles. The van der Waals surface area contributed by atoms with Crippen LogP contribution >= 0.6 is 11.6 Å². The average Bonchev–Trinajstić information content (AvgIpc) is 3.18. The highest BCUT2D eigenvalue weighted by Gasteiger charge is 2.32. The summed E-state index contributed by atoms with van der Waals surface area (Å²) >= 11 is 5.81. The number of aromatic nitrogens is 1. The maximum Gasteiger partial charge on any atom is 0.417 e. The molecule has 1 saturated carbocycles. The predicted octanol–water partition coefficient (Wildman–Crippen LogP) is 2.84. The first-order chi connectivity index (χ1) is 9.41. The molecule has 4 nitrogen and oxygen atoms in total. The molecule has 8 heteroatoms. The van der Waals surface area contributed by atoms with E-state index in [1.165, 1.54) is 0 Å². The Hall–Kier alpha value is -1.34. The van der Waals surface area contributed by atoms with Gasteiger partial charge in [-0.2, -0.15) is 13.2 Å². The number of pyridine rings is 1. The quantitative estimate of drug-likeness (QED) is 0.672. The van der Waals surface area contributed by atoms with Crippen molar-refractivity contribution in [3.05, 3.63) is 28.5 Å². The summed E-state index contributed by atoms with van der Waals surface area (Å²) in [5.74, 6) is 0.508. The highest BCUT2D eigenvalue weighted by Crippen LogP contribution is 2.31. The minimum atomic E-state index is -4.49. The molecule has 0 aliphatic heterocycles. The molecule has 0 spiro atoms. The van der Waals surface area contributed by atoms with E-state index in [4.69, 9.17) is 22.2 Å². The molecule has 2 rings (SSSR count). The maximum absolute atomic E-state index is 12.5. The molecule has 0 bridgehead atoms. The van der Waals surface area contributed by atoms with Crippen molar-refractivity contribution in [1.29, 1.82) is 0 Å². The van der Waals surface area contributed by atoms with Gasteiger partial charge < -0.3 is 10.6 Å². The molecular weight excluding hydrogens is 295 g/mol. The molecule has 1 aromatic rings. The second kappa shape index (κ2) is 5.97. The fourth-order valence-corrected chi connectivity index (χ4v) is 1.76. The third kappa shape index (κ3) is 3.83. The van der Waals surface area contributed by atoms with Crippen LogP contribution in [-0.2, 0) is 11.0 Å². The normalized spacial score (nSPS) is 16.4. The van der Waals surface area contributed by atoms with E-state index in [1.54, 1.807) is 0 Å². The maximum atomic E-state index is 12.5. The first-order valence-corrected chi connectivity index (χ1v) is 6.41. The molecular formula is C12H13ClF3N3O. The van der Waals surface area contributed by atoms with Crippen LogP contribution < -0.4 is 5.73 Å². The molecule has 0 aromatic carbocycles. The number of alkyl halides is 3. The number of nitrogens with two attached hydrogens (primary N) is 1. The molecule has 1 aromatic heterocycles. The number of hydrogen-bond acceptors (Lipinski definition) is 4. The van der Waals surface area contributed by atoms with Crippen LogP contribution in [0.1, 0.15) is 24.1 Å². The molecule has 0 unspecified atom stereocenters. The van der Waals surface area contributed by atoms with Gasteiger partial charge >= 0.3 is 6.18 Å². The summed E-state index contributed by atoms with van der Waals surface area (Å²) in [6.45, 7) is 0.449. The van der Waals surface area contributed by atoms with Gasteiger partial charge in [0, 0.05) is 12.7 Å². The Labute approximate surface area is 118 Å². The van der Waals surface area contributed by atoms with Crippen LogP contribution in [0, 0.1) is 5.92 Å². The van der Waals surface area contributed by atoms with E-state index >= 15 is 0 Å². The first kappa shape index (κ1) is 15.1. The Balaban J connectivity index is 2.16. The third-order valence-electron chi connectivity index (χ3n) is 2.82. The lowest BCUT2D eigenvalue weighted by atomic mass is 10.2. The minimum Gasteiger partial charge on any atom is -0.395 e. The summed E-state index contributed by atoms with van der Waals surface area (Å²) in [4.78, 5) is 8.79. The van der Waals surface area contributed by atoms with Crippen LogP contribution in [0.25, 0.3) is 0 Å². The molecule has 1 heterocycles. The zero-order valence-electron chi connectivity index (χ0n) is 10.5. The molecule has 0 atom stereocenters. The summed E-state index contributed by atoms with van der Waals surface area (Å²) in [7, 11) is 0. The molecule has 0 saturated heterocycles. The zero-order chi connectivity index (χ0) is 14.8. The van der Waals surface area contributed by atoms with Crippen molar-refractivity contribution in [2.75, 3.05) is 13.2 Å². The molecule has 0 radical (unpaired) electrons. The van der Waals surface area contributed by atoms with E-state index < -0.39 is 11.7 Å². The Morgan fingerprint density at radius 2 is 2.20 bits per heavy atom. The molecule has 20 heavy (non-hydrogen) atoms. The van der Waals surface area contributed by atoms with Crippen LogP contribution in [0.2, 0.25) is 5.02 Å². The van der Waals surface area contributed by atoms with Crippen LogP contribution in [0.4, 0.5) is 13.2 Å². The van der Waals surface area contributed by atoms with Gasteiger partial charge in [0.15, 0.2) is 0 Å². The van der Waals surface area contributed by atoms with Gasteiger partial charge in [-0.05, 0) is 24.8 Å². The fourth-order valence-electron chi connectivity index (χ4n) is 1.49. The lowest BCUT2D eigenvalue weighted by Gasteiger charge is -2.09. The van der Waals surface area contributed by atoms with Crippen LogP contribution in [-0.4, -0.2) is 23.8 Å². The van der Waals surface area contributed by atoms with Gasteiger partial charge in [-0.1, -0.05) is 16.8 Å². The van der Waals surface area contributed by atoms with Crippen molar-refractivity contribution >= 4 is 17.3 Å². The van der Waals surface area contributed by atoms with Crippen molar-refractivity contribution in [3.8, 4) is 0 Å². The van der Waals surface area contributed by atoms with Gasteiger partial charge in [0.25, 0.3) is 0 Å². The second-order valence-electron chi connectivity index (χ2n) is 4.53. The average molecular weight is 308 g/mol. The van der Waals surface area contributed by atoms with Gasteiger partial charge in [0.1, 0.15) is 18.0 Å². The Kier molecular flexibility index (Phi) is 4.49. The van der Waals surface area contributed by atoms with E-state index in [1.807, 2.05) is 0 Å². The molecule has 1 aliphatic rings. The third-order valence-corrected chi connectivity index (χ3v) is 3.11. The van der Waals surface area contributed by atoms with E-state index in [0.717, 1.165) is 18.9 Å². The number of oxime groups is 1. The highest BCUT2D eigenvalue weighted by molar-refractivity contribution is 6.34. The molecule has 110 valence electrons. The van der Waals surface area contributed by atoms with Crippen LogP contribution in [0.15, 0.2) is 17.4 Å². The van der Waals surface area contributed by atoms with Gasteiger partial charge in [-0.15, -0.1) is 0 Å². The minimum absolute atomic E-state index is 0.0250. The van der Waals surface area contributed by atoms with E-state index in [-0.39, 0.29) is 23.0 Å². The van der Waals surface area contributed by atoms with Gasteiger partial charge in [0.05, 0.1) is 10.6 Å². The Bertz CT molecular complexity index is 515. The number of hydrogen-bond donors (Lipinski definition) is 1. The van der Waals surface area contributed by atoms with E-state index in [9.17, 15) is 13.2 Å². The standard InChI is InChI=1S/C12H13ClF3N3O/c13-9-3-8(12(14,15)16)5-18-11(9)10(4-17)19-20-6-7-1-2-7/h3,5,7H,1-2,4,6,17H2. The number of rotatable bonds is 5. The summed E-state index contributed by atoms with van der Waals surface area (Å²) in [6, 6.07) is 0.802. The predicted molar refractivity (Wildman–Crippen MR) is 68.5 cm³/mol. The van der Waals surface area contributed by atoms with Crippen molar-refractivity contribution in [1.82, 2.24) is 4.98 Å². The Morgan fingerprint density at radius 1 is 1.50 bits per heavy atom. The summed E-state index contributed by atoms with van der Waals surface area (Å²) in [6.07, 6.45) is -1.58. The summed E-state index contributed by atoms with van der Waals surface area (Å²) in [5.41, 5.74) is 4.92. The largest absolute Gasteiger partial charge is 0.417 e. The van der Waals surface area contributed by atoms with Crippen LogP contribution in [0.5, 0.6) is 0 Å². The first-order valence-electron chi connectivity index (χ1n) is 6.04.